The maximum absolute atomic E-state index is 12.9. The molecule has 1 aliphatic rings. The molecule has 0 atom stereocenters. The lowest BCUT2D eigenvalue weighted by molar-refractivity contribution is -0.384. The molecule has 1 heterocycles. The summed E-state index contributed by atoms with van der Waals surface area (Å²) in [5.74, 6) is -0.463. The third-order valence-corrected chi connectivity index (χ3v) is 7.11. The number of piperidine rings is 1. The molecule has 1 fully saturated rings. The fourth-order valence-corrected chi connectivity index (χ4v) is 5.12. The van der Waals surface area contributed by atoms with Crippen LogP contribution in [0.25, 0.3) is 0 Å². The van der Waals surface area contributed by atoms with Crippen LogP contribution in [0.2, 0.25) is 5.02 Å². The van der Waals surface area contributed by atoms with E-state index >= 15 is 0 Å². The predicted molar refractivity (Wildman–Crippen MR) is 108 cm³/mol. The highest BCUT2D eigenvalue weighted by Crippen LogP contribution is 2.28. The number of nitro groups is 1. The number of hydrogen-bond acceptors (Lipinski definition) is 5. The number of rotatable bonds is 6. The minimum Gasteiger partial charge on any atom is -0.348 e. The van der Waals surface area contributed by atoms with Gasteiger partial charge in [0.05, 0.1) is 9.95 Å². The van der Waals surface area contributed by atoms with Crippen molar-refractivity contribution in [3.8, 4) is 0 Å². The van der Waals surface area contributed by atoms with E-state index in [4.69, 9.17) is 11.6 Å². The third-order valence-electron chi connectivity index (χ3n) is 4.73. The van der Waals surface area contributed by atoms with Crippen molar-refractivity contribution in [3.05, 3.63) is 68.7 Å². The number of non-ortho nitro benzene ring substituents is 1. The van der Waals surface area contributed by atoms with Crippen molar-refractivity contribution >= 4 is 33.2 Å². The van der Waals surface area contributed by atoms with E-state index in [9.17, 15) is 23.3 Å². The number of nitrogens with one attached hydrogen (secondary N) is 1. The van der Waals surface area contributed by atoms with E-state index in [2.05, 4.69) is 5.32 Å². The molecule has 154 valence electrons. The van der Waals surface area contributed by atoms with Crippen molar-refractivity contribution < 1.29 is 18.1 Å². The number of halogens is 1. The lowest BCUT2D eigenvalue weighted by Gasteiger charge is -2.26. The monoisotopic (exact) mass is 437 g/mol. The Bertz CT molecular complexity index is 1020. The fourth-order valence-electron chi connectivity index (χ4n) is 3.11. The lowest BCUT2D eigenvalue weighted by atomic mass is 10.2. The Labute approximate surface area is 173 Å². The molecular formula is C19H20ClN3O5S. The summed E-state index contributed by atoms with van der Waals surface area (Å²) in [5.41, 5.74) is 0.816. The molecule has 8 nitrogen and oxygen atoms in total. The smallest absolute Gasteiger partial charge is 0.269 e. The summed E-state index contributed by atoms with van der Waals surface area (Å²) in [5, 5.41) is 13.4. The molecule has 0 aliphatic carbocycles. The molecule has 10 heteroatoms. The second-order valence-electron chi connectivity index (χ2n) is 6.72. The number of nitrogens with zero attached hydrogens (tertiary/aromatic N) is 2. The van der Waals surface area contributed by atoms with Crippen molar-refractivity contribution in [2.75, 3.05) is 13.1 Å². The largest absolute Gasteiger partial charge is 0.348 e. The molecule has 2 aromatic rings. The fraction of sp³-hybridized carbons (Fsp3) is 0.316. The van der Waals surface area contributed by atoms with Crippen molar-refractivity contribution in [1.29, 1.82) is 0 Å². The first-order chi connectivity index (χ1) is 13.8. The third kappa shape index (κ3) is 4.92. The van der Waals surface area contributed by atoms with Gasteiger partial charge in [0.2, 0.25) is 10.0 Å². The van der Waals surface area contributed by atoms with Gasteiger partial charge in [0, 0.05) is 37.3 Å². The van der Waals surface area contributed by atoms with Gasteiger partial charge in [0.25, 0.3) is 11.6 Å². The minimum absolute atomic E-state index is 0.0367. The average molecular weight is 438 g/mol. The highest BCUT2D eigenvalue weighted by Gasteiger charge is 2.28. The molecule has 0 saturated carbocycles. The van der Waals surface area contributed by atoms with Crippen molar-refractivity contribution in [2.24, 2.45) is 0 Å². The number of carbonyl (C=O) groups excluding carboxylic acids is 1. The maximum atomic E-state index is 12.9. The molecule has 0 unspecified atom stereocenters. The first-order valence-corrected chi connectivity index (χ1v) is 10.9. The molecule has 1 aliphatic heterocycles. The van der Waals surface area contributed by atoms with E-state index < -0.39 is 20.9 Å². The van der Waals surface area contributed by atoms with Crippen LogP contribution in [0.3, 0.4) is 0 Å². The van der Waals surface area contributed by atoms with Crippen LogP contribution in [-0.2, 0) is 16.6 Å². The van der Waals surface area contributed by atoms with Gasteiger partial charge >= 0.3 is 0 Å². The summed E-state index contributed by atoms with van der Waals surface area (Å²) in [4.78, 5) is 22.6. The molecule has 0 radical (unpaired) electrons. The van der Waals surface area contributed by atoms with E-state index in [1.54, 1.807) is 12.1 Å². The molecule has 29 heavy (non-hydrogen) atoms. The Morgan fingerprint density at radius 1 is 1.10 bits per heavy atom. The molecule has 0 bridgehead atoms. The van der Waals surface area contributed by atoms with Crippen LogP contribution in [0.5, 0.6) is 0 Å². The van der Waals surface area contributed by atoms with Crippen LogP contribution in [0, 0.1) is 10.1 Å². The maximum Gasteiger partial charge on any atom is 0.269 e. The number of hydrogen-bond donors (Lipinski definition) is 1. The van der Waals surface area contributed by atoms with Gasteiger partial charge < -0.3 is 5.32 Å². The van der Waals surface area contributed by atoms with Crippen LogP contribution >= 0.6 is 11.6 Å². The Hall–Kier alpha value is -2.49. The molecule has 1 saturated heterocycles. The zero-order valence-corrected chi connectivity index (χ0v) is 17.1. The summed E-state index contributed by atoms with van der Waals surface area (Å²) < 4.78 is 27.2. The highest BCUT2D eigenvalue weighted by atomic mass is 35.5. The van der Waals surface area contributed by atoms with Gasteiger partial charge in [0.15, 0.2) is 0 Å². The summed E-state index contributed by atoms with van der Waals surface area (Å²) in [6.07, 6.45) is 2.59. The summed E-state index contributed by atoms with van der Waals surface area (Å²) in [7, 11) is -3.77. The minimum atomic E-state index is -3.77. The zero-order chi connectivity index (χ0) is 21.0. The number of sulfonamides is 1. The number of benzene rings is 2. The first kappa shape index (κ1) is 21.2. The summed E-state index contributed by atoms with van der Waals surface area (Å²) in [6.45, 7) is 1.03. The van der Waals surface area contributed by atoms with E-state index in [1.165, 1.54) is 34.6 Å². The Morgan fingerprint density at radius 3 is 2.38 bits per heavy atom. The second kappa shape index (κ2) is 8.89. The van der Waals surface area contributed by atoms with E-state index in [-0.39, 0.29) is 27.7 Å². The van der Waals surface area contributed by atoms with Gasteiger partial charge in [-0.2, -0.15) is 4.31 Å². The Balaban J connectivity index is 1.74. The van der Waals surface area contributed by atoms with Crippen LogP contribution in [0.1, 0.15) is 35.2 Å². The quantitative estimate of drug-likeness (QED) is 0.550. The normalized spacial score (nSPS) is 15.1. The molecule has 3 rings (SSSR count). The highest BCUT2D eigenvalue weighted by molar-refractivity contribution is 7.89. The SMILES string of the molecule is O=C(NCc1ccc([N+](=O)[O-])cc1)c1ccc(Cl)c(S(=O)(=O)N2CCCCC2)c1. The zero-order valence-electron chi connectivity index (χ0n) is 15.5. The van der Waals surface area contributed by atoms with Gasteiger partial charge in [-0.1, -0.05) is 30.2 Å². The number of nitro benzene ring substituents is 1. The summed E-state index contributed by atoms with van der Waals surface area (Å²) >= 11 is 6.13. The van der Waals surface area contributed by atoms with Gasteiger partial charge in [-0.15, -0.1) is 0 Å². The van der Waals surface area contributed by atoms with Crippen LogP contribution in [0.4, 0.5) is 5.69 Å². The van der Waals surface area contributed by atoms with Crippen LogP contribution in [-0.4, -0.2) is 36.6 Å². The van der Waals surface area contributed by atoms with E-state index in [0.29, 0.717) is 18.7 Å². The second-order valence-corrected chi connectivity index (χ2v) is 9.03. The number of carbonyl (C=O) groups is 1. The molecular weight excluding hydrogens is 418 g/mol. The standard InChI is InChI=1S/C19H20ClN3O5S/c20-17-9-6-15(12-18(17)29(27,28)22-10-2-1-3-11-22)19(24)21-13-14-4-7-16(8-5-14)23(25)26/h4-9,12H,1-3,10-11,13H2,(H,21,24). The topological polar surface area (TPSA) is 110 Å². The van der Waals surface area contributed by atoms with E-state index in [1.807, 2.05) is 0 Å². The van der Waals surface area contributed by atoms with E-state index in [0.717, 1.165) is 19.3 Å². The molecule has 0 spiro atoms. The Kier molecular flexibility index (Phi) is 6.51. The molecule has 1 N–H and O–H groups in total. The van der Waals surface area contributed by atoms with Crippen LogP contribution in [0.15, 0.2) is 47.4 Å². The van der Waals surface area contributed by atoms with Crippen LogP contribution < -0.4 is 5.32 Å². The first-order valence-electron chi connectivity index (χ1n) is 9.10. The van der Waals surface area contributed by atoms with Crippen molar-refractivity contribution in [2.45, 2.75) is 30.7 Å². The van der Waals surface area contributed by atoms with Gasteiger partial charge in [0.1, 0.15) is 4.90 Å². The summed E-state index contributed by atoms with van der Waals surface area (Å²) in [6, 6.07) is 9.96. The predicted octanol–water partition coefficient (Wildman–Crippen LogP) is 3.35. The number of amides is 1. The molecule has 1 amide bonds. The average Bonchev–Trinajstić information content (AvgIpc) is 2.73. The van der Waals surface area contributed by atoms with Gasteiger partial charge in [-0.3, -0.25) is 14.9 Å². The van der Waals surface area contributed by atoms with Gasteiger partial charge in [-0.05, 0) is 36.6 Å². The van der Waals surface area contributed by atoms with Gasteiger partial charge in [-0.25, -0.2) is 8.42 Å². The van der Waals surface area contributed by atoms with Crippen molar-refractivity contribution in [1.82, 2.24) is 9.62 Å². The molecule has 0 aromatic heterocycles. The molecule has 2 aromatic carbocycles. The Morgan fingerprint density at radius 2 is 1.76 bits per heavy atom. The lowest BCUT2D eigenvalue weighted by Crippen LogP contribution is -2.36. The van der Waals surface area contributed by atoms with Crippen molar-refractivity contribution in [3.63, 3.8) is 0 Å².